The molecule has 2 N–H and O–H groups in total. The molecule has 3 nitrogen and oxygen atoms in total. The Morgan fingerprint density at radius 1 is 1.19 bits per heavy atom. The Morgan fingerprint density at radius 2 is 1.94 bits per heavy atom. The standard InChI is InChI=1S/C10H7Cl2N3S/c11-6-3-1-2-4-8(6)16-9-7(13)5-14-10(12)15-9/h1-5H,13H2. The summed E-state index contributed by atoms with van der Waals surface area (Å²) in [6.45, 7) is 0. The molecule has 82 valence electrons. The number of nitrogens with zero attached hydrogens (tertiary/aromatic N) is 2. The zero-order chi connectivity index (χ0) is 11.5. The van der Waals surface area contributed by atoms with Crippen molar-refractivity contribution in [2.24, 2.45) is 0 Å². The van der Waals surface area contributed by atoms with Crippen molar-refractivity contribution >= 4 is 40.7 Å². The summed E-state index contributed by atoms with van der Waals surface area (Å²) in [5.41, 5.74) is 6.22. The lowest BCUT2D eigenvalue weighted by molar-refractivity contribution is 1.06. The third-order valence-electron chi connectivity index (χ3n) is 1.79. The van der Waals surface area contributed by atoms with Gasteiger partial charge in [-0.25, -0.2) is 9.97 Å². The highest BCUT2D eigenvalue weighted by Gasteiger charge is 2.07. The molecule has 0 aliphatic carbocycles. The van der Waals surface area contributed by atoms with Gasteiger partial charge in [-0.05, 0) is 23.7 Å². The largest absolute Gasteiger partial charge is 0.395 e. The molecule has 0 amide bonds. The Hall–Kier alpha value is -0.970. The van der Waals surface area contributed by atoms with Gasteiger partial charge in [0.05, 0.1) is 16.9 Å². The Bertz CT molecular complexity index is 519. The van der Waals surface area contributed by atoms with Gasteiger partial charge in [0.2, 0.25) is 5.28 Å². The Kier molecular flexibility index (Phi) is 3.53. The van der Waals surface area contributed by atoms with Gasteiger partial charge in [0, 0.05) is 4.90 Å². The number of hydrogen-bond acceptors (Lipinski definition) is 4. The van der Waals surface area contributed by atoms with Gasteiger partial charge >= 0.3 is 0 Å². The van der Waals surface area contributed by atoms with Gasteiger partial charge in [0.1, 0.15) is 5.03 Å². The first kappa shape index (κ1) is 11.5. The monoisotopic (exact) mass is 271 g/mol. The maximum atomic E-state index is 6.03. The molecule has 0 aliphatic rings. The van der Waals surface area contributed by atoms with Crippen molar-refractivity contribution in [3.8, 4) is 0 Å². The van der Waals surface area contributed by atoms with E-state index in [1.54, 1.807) is 0 Å². The fraction of sp³-hybridized carbons (Fsp3) is 0. The van der Waals surface area contributed by atoms with Gasteiger partial charge < -0.3 is 5.73 Å². The van der Waals surface area contributed by atoms with E-state index >= 15 is 0 Å². The van der Waals surface area contributed by atoms with E-state index in [4.69, 9.17) is 28.9 Å². The molecule has 6 heteroatoms. The van der Waals surface area contributed by atoms with Crippen LogP contribution in [0.2, 0.25) is 10.3 Å². The van der Waals surface area contributed by atoms with Gasteiger partial charge in [-0.1, -0.05) is 35.5 Å². The molecule has 0 fully saturated rings. The smallest absolute Gasteiger partial charge is 0.223 e. The van der Waals surface area contributed by atoms with Gasteiger partial charge in [-0.15, -0.1) is 0 Å². The normalized spacial score (nSPS) is 10.4. The number of aromatic nitrogens is 2. The highest BCUT2D eigenvalue weighted by Crippen LogP contribution is 2.34. The maximum absolute atomic E-state index is 6.03. The first-order chi connectivity index (χ1) is 7.66. The Labute approximate surface area is 107 Å². The molecule has 0 radical (unpaired) electrons. The van der Waals surface area contributed by atoms with E-state index in [2.05, 4.69) is 9.97 Å². The summed E-state index contributed by atoms with van der Waals surface area (Å²) in [5.74, 6) is 0. The van der Waals surface area contributed by atoms with Crippen molar-refractivity contribution in [2.75, 3.05) is 5.73 Å². The van der Waals surface area contributed by atoms with E-state index in [9.17, 15) is 0 Å². The molecule has 1 aromatic carbocycles. The number of nitrogens with two attached hydrogens (primary N) is 1. The van der Waals surface area contributed by atoms with Crippen LogP contribution < -0.4 is 5.73 Å². The molecule has 0 atom stereocenters. The average molecular weight is 272 g/mol. The first-order valence-electron chi connectivity index (χ1n) is 4.37. The van der Waals surface area contributed by atoms with E-state index in [1.165, 1.54) is 18.0 Å². The predicted octanol–water partition coefficient (Wildman–Crippen LogP) is 3.52. The molecular weight excluding hydrogens is 265 g/mol. The van der Waals surface area contributed by atoms with Crippen LogP contribution in [0.25, 0.3) is 0 Å². The molecule has 1 aromatic heterocycles. The van der Waals surface area contributed by atoms with E-state index in [0.29, 0.717) is 15.7 Å². The Morgan fingerprint density at radius 3 is 2.69 bits per heavy atom. The first-order valence-corrected chi connectivity index (χ1v) is 5.94. The number of anilines is 1. The second-order valence-corrected chi connectivity index (χ2v) is 4.71. The number of hydrogen-bond donors (Lipinski definition) is 1. The van der Waals surface area contributed by atoms with Crippen LogP contribution in [-0.4, -0.2) is 9.97 Å². The molecule has 2 rings (SSSR count). The van der Waals surface area contributed by atoms with Crippen LogP contribution in [0, 0.1) is 0 Å². The summed E-state index contributed by atoms with van der Waals surface area (Å²) >= 11 is 13.1. The Balaban J connectivity index is 2.34. The molecule has 0 unspecified atom stereocenters. The van der Waals surface area contributed by atoms with Crippen LogP contribution in [0.5, 0.6) is 0 Å². The second-order valence-electron chi connectivity index (χ2n) is 2.93. The minimum atomic E-state index is 0.170. The third-order valence-corrected chi connectivity index (χ3v) is 3.51. The molecule has 0 saturated carbocycles. The molecule has 0 bridgehead atoms. The minimum absolute atomic E-state index is 0.170. The lowest BCUT2D eigenvalue weighted by Crippen LogP contribution is -1.94. The summed E-state index contributed by atoms with van der Waals surface area (Å²) in [6.07, 6.45) is 1.48. The van der Waals surface area contributed by atoms with Crippen LogP contribution in [-0.2, 0) is 0 Å². The van der Waals surface area contributed by atoms with Crippen LogP contribution in [0.4, 0.5) is 5.69 Å². The minimum Gasteiger partial charge on any atom is -0.395 e. The molecule has 16 heavy (non-hydrogen) atoms. The summed E-state index contributed by atoms with van der Waals surface area (Å²) in [7, 11) is 0. The van der Waals surface area contributed by atoms with Crippen molar-refractivity contribution in [3.63, 3.8) is 0 Å². The van der Waals surface area contributed by atoms with E-state index in [1.807, 2.05) is 24.3 Å². The summed E-state index contributed by atoms with van der Waals surface area (Å²) < 4.78 is 0. The zero-order valence-corrected chi connectivity index (χ0v) is 10.4. The average Bonchev–Trinajstić information content (AvgIpc) is 2.27. The summed E-state index contributed by atoms with van der Waals surface area (Å²) in [5, 5.41) is 1.43. The van der Waals surface area contributed by atoms with Gasteiger partial charge in [-0.2, -0.15) is 0 Å². The fourth-order valence-corrected chi connectivity index (χ4v) is 2.33. The lowest BCUT2D eigenvalue weighted by atomic mass is 10.4. The number of nitrogen functional groups attached to an aromatic ring is 1. The third kappa shape index (κ3) is 2.58. The maximum Gasteiger partial charge on any atom is 0.223 e. The molecule has 0 saturated heterocycles. The summed E-state index contributed by atoms with van der Waals surface area (Å²) in [4.78, 5) is 8.71. The van der Waals surface area contributed by atoms with E-state index in [0.717, 1.165) is 4.90 Å². The SMILES string of the molecule is Nc1cnc(Cl)nc1Sc1ccccc1Cl. The topological polar surface area (TPSA) is 51.8 Å². The van der Waals surface area contributed by atoms with Gasteiger partial charge in [0.25, 0.3) is 0 Å². The summed E-state index contributed by atoms with van der Waals surface area (Å²) in [6, 6.07) is 7.46. The molecule has 0 spiro atoms. The van der Waals surface area contributed by atoms with Crippen molar-refractivity contribution in [2.45, 2.75) is 9.92 Å². The van der Waals surface area contributed by atoms with Crippen LogP contribution >= 0.6 is 35.0 Å². The number of halogens is 2. The van der Waals surface area contributed by atoms with Crippen molar-refractivity contribution < 1.29 is 0 Å². The number of benzene rings is 1. The molecule has 0 aliphatic heterocycles. The van der Waals surface area contributed by atoms with Crippen molar-refractivity contribution in [1.29, 1.82) is 0 Å². The lowest BCUT2D eigenvalue weighted by Gasteiger charge is -2.05. The fourth-order valence-electron chi connectivity index (χ4n) is 1.07. The molecule has 2 aromatic rings. The molecular formula is C10H7Cl2N3S. The van der Waals surface area contributed by atoms with Gasteiger partial charge in [0.15, 0.2) is 0 Å². The van der Waals surface area contributed by atoms with E-state index in [-0.39, 0.29) is 5.28 Å². The zero-order valence-electron chi connectivity index (χ0n) is 8.02. The van der Waals surface area contributed by atoms with Crippen molar-refractivity contribution in [3.05, 3.63) is 40.8 Å². The number of rotatable bonds is 2. The molecule has 1 heterocycles. The quantitative estimate of drug-likeness (QED) is 0.671. The van der Waals surface area contributed by atoms with Crippen molar-refractivity contribution in [1.82, 2.24) is 9.97 Å². The van der Waals surface area contributed by atoms with Crippen LogP contribution in [0.1, 0.15) is 0 Å². The van der Waals surface area contributed by atoms with Crippen LogP contribution in [0.15, 0.2) is 40.4 Å². The van der Waals surface area contributed by atoms with Crippen LogP contribution in [0.3, 0.4) is 0 Å². The van der Waals surface area contributed by atoms with E-state index < -0.39 is 0 Å². The predicted molar refractivity (Wildman–Crippen MR) is 67.0 cm³/mol. The second kappa shape index (κ2) is 4.91. The highest BCUT2D eigenvalue weighted by atomic mass is 35.5. The highest BCUT2D eigenvalue weighted by molar-refractivity contribution is 7.99. The van der Waals surface area contributed by atoms with Gasteiger partial charge in [-0.3, -0.25) is 0 Å².